The Morgan fingerprint density at radius 3 is 1.83 bits per heavy atom. The first kappa shape index (κ1) is 11.2. The van der Waals surface area contributed by atoms with Crippen molar-refractivity contribution >= 4 is 0 Å². The molecule has 0 atom stereocenters. The van der Waals surface area contributed by atoms with Gasteiger partial charge in [0.15, 0.2) is 0 Å². The zero-order valence-corrected chi connectivity index (χ0v) is 8.52. The molecular formula is C11H19N. The Kier molecular flexibility index (Phi) is 6.39. The first-order valence-electron chi connectivity index (χ1n) is 4.38. The van der Waals surface area contributed by atoms with E-state index in [0.717, 1.165) is 6.42 Å². The quantitative estimate of drug-likeness (QED) is 0.673. The minimum atomic E-state index is 1.14. The van der Waals surface area contributed by atoms with Gasteiger partial charge < -0.3 is 5.32 Å². The summed E-state index contributed by atoms with van der Waals surface area (Å²) in [4.78, 5) is 0. The van der Waals surface area contributed by atoms with Crippen molar-refractivity contribution < 1.29 is 0 Å². The first-order chi connectivity index (χ1) is 5.74. The topological polar surface area (TPSA) is 12.0 Å². The molecule has 1 aromatic carbocycles. The molecule has 68 valence electrons. The standard InChI is InChI=1S/C9H12.C2H7N/c1-3-9-6-4-8(2)5-7-9;1-3-2/h4-7H,3H2,1-2H3;3H,1-2H3. The van der Waals surface area contributed by atoms with Crippen LogP contribution in [0.1, 0.15) is 18.1 Å². The van der Waals surface area contributed by atoms with E-state index in [-0.39, 0.29) is 0 Å². The maximum Gasteiger partial charge on any atom is -0.0167 e. The molecule has 0 aliphatic carbocycles. The molecular weight excluding hydrogens is 146 g/mol. The molecule has 0 amide bonds. The van der Waals surface area contributed by atoms with Gasteiger partial charge >= 0.3 is 0 Å². The van der Waals surface area contributed by atoms with E-state index >= 15 is 0 Å². The Labute approximate surface area is 75.8 Å². The average Bonchev–Trinajstić information content (AvgIpc) is 2.07. The number of rotatable bonds is 1. The fourth-order valence-electron chi connectivity index (χ4n) is 0.824. The summed E-state index contributed by atoms with van der Waals surface area (Å²) in [6, 6.07) is 8.66. The molecule has 0 radical (unpaired) electrons. The van der Waals surface area contributed by atoms with Gasteiger partial charge in [0.25, 0.3) is 0 Å². The molecule has 0 aliphatic heterocycles. The number of nitrogens with one attached hydrogen (secondary N) is 1. The smallest absolute Gasteiger partial charge is 0.0167 e. The van der Waals surface area contributed by atoms with E-state index in [2.05, 4.69) is 43.4 Å². The molecule has 1 nitrogen and oxygen atoms in total. The summed E-state index contributed by atoms with van der Waals surface area (Å²) in [6.07, 6.45) is 1.14. The lowest BCUT2D eigenvalue weighted by Crippen LogP contribution is -1.89. The lowest BCUT2D eigenvalue weighted by Gasteiger charge is -1.94. The van der Waals surface area contributed by atoms with Crippen molar-refractivity contribution in [2.75, 3.05) is 14.1 Å². The van der Waals surface area contributed by atoms with Crippen LogP contribution in [0.15, 0.2) is 24.3 Å². The van der Waals surface area contributed by atoms with E-state index in [1.807, 2.05) is 14.1 Å². The second-order valence-electron chi connectivity index (χ2n) is 2.84. The molecule has 1 aromatic rings. The molecule has 0 heterocycles. The zero-order chi connectivity index (χ0) is 9.40. The Balaban J connectivity index is 0.000000354. The molecule has 0 fully saturated rings. The van der Waals surface area contributed by atoms with Crippen LogP contribution in [0.5, 0.6) is 0 Å². The molecule has 1 rings (SSSR count). The number of aryl methyl sites for hydroxylation is 2. The highest BCUT2D eigenvalue weighted by molar-refractivity contribution is 5.20. The molecule has 0 spiro atoms. The molecule has 0 bridgehead atoms. The van der Waals surface area contributed by atoms with Crippen molar-refractivity contribution in [1.82, 2.24) is 5.32 Å². The summed E-state index contributed by atoms with van der Waals surface area (Å²) in [5.41, 5.74) is 2.76. The van der Waals surface area contributed by atoms with Gasteiger partial charge in [-0.2, -0.15) is 0 Å². The van der Waals surface area contributed by atoms with Crippen molar-refractivity contribution in [1.29, 1.82) is 0 Å². The van der Waals surface area contributed by atoms with Gasteiger partial charge in [-0.05, 0) is 33.0 Å². The van der Waals surface area contributed by atoms with Crippen LogP contribution in [-0.2, 0) is 6.42 Å². The maximum atomic E-state index is 2.75. The SMILES string of the molecule is CCc1ccc(C)cc1.CNC. The van der Waals surface area contributed by atoms with Crippen molar-refractivity contribution in [2.45, 2.75) is 20.3 Å². The molecule has 1 N–H and O–H groups in total. The van der Waals surface area contributed by atoms with Crippen molar-refractivity contribution in [3.05, 3.63) is 35.4 Å². The van der Waals surface area contributed by atoms with Gasteiger partial charge in [0.05, 0.1) is 0 Å². The van der Waals surface area contributed by atoms with Gasteiger partial charge in [0, 0.05) is 0 Å². The molecule has 0 saturated carbocycles. The highest BCUT2D eigenvalue weighted by Gasteiger charge is 1.84. The van der Waals surface area contributed by atoms with Crippen LogP contribution in [0.2, 0.25) is 0 Å². The Morgan fingerprint density at radius 2 is 1.50 bits per heavy atom. The highest BCUT2D eigenvalue weighted by atomic mass is 14.7. The van der Waals surface area contributed by atoms with Gasteiger partial charge in [-0.3, -0.25) is 0 Å². The number of hydrogen-bond donors (Lipinski definition) is 1. The molecule has 0 aromatic heterocycles. The van der Waals surface area contributed by atoms with Crippen molar-refractivity contribution in [3.63, 3.8) is 0 Å². The van der Waals surface area contributed by atoms with Crippen LogP contribution >= 0.6 is 0 Å². The molecule has 0 unspecified atom stereocenters. The fourth-order valence-corrected chi connectivity index (χ4v) is 0.824. The number of benzene rings is 1. The molecule has 0 aliphatic rings. The third-order valence-electron chi connectivity index (χ3n) is 1.53. The minimum Gasteiger partial charge on any atom is -0.323 e. The molecule has 0 saturated heterocycles. The van der Waals surface area contributed by atoms with E-state index in [0.29, 0.717) is 0 Å². The van der Waals surface area contributed by atoms with E-state index < -0.39 is 0 Å². The largest absolute Gasteiger partial charge is 0.323 e. The molecule has 1 heteroatoms. The van der Waals surface area contributed by atoms with E-state index in [9.17, 15) is 0 Å². The summed E-state index contributed by atoms with van der Waals surface area (Å²) in [6.45, 7) is 4.28. The van der Waals surface area contributed by atoms with Crippen LogP contribution in [0, 0.1) is 6.92 Å². The Hall–Kier alpha value is -0.820. The minimum absolute atomic E-state index is 1.14. The first-order valence-corrected chi connectivity index (χ1v) is 4.38. The van der Waals surface area contributed by atoms with Crippen molar-refractivity contribution in [2.24, 2.45) is 0 Å². The van der Waals surface area contributed by atoms with Gasteiger partial charge in [-0.15, -0.1) is 0 Å². The Morgan fingerprint density at radius 1 is 1.08 bits per heavy atom. The molecule has 12 heavy (non-hydrogen) atoms. The van der Waals surface area contributed by atoms with Gasteiger partial charge in [-0.1, -0.05) is 36.8 Å². The summed E-state index contributed by atoms with van der Waals surface area (Å²) in [5.74, 6) is 0. The predicted molar refractivity (Wildman–Crippen MR) is 55.5 cm³/mol. The fraction of sp³-hybridized carbons (Fsp3) is 0.455. The predicted octanol–water partition coefficient (Wildman–Crippen LogP) is 2.39. The van der Waals surface area contributed by atoms with E-state index in [4.69, 9.17) is 0 Å². The van der Waals surface area contributed by atoms with E-state index in [1.165, 1.54) is 11.1 Å². The van der Waals surface area contributed by atoms with Crippen LogP contribution < -0.4 is 5.32 Å². The monoisotopic (exact) mass is 165 g/mol. The summed E-state index contributed by atoms with van der Waals surface area (Å²) >= 11 is 0. The van der Waals surface area contributed by atoms with Crippen LogP contribution in [0.4, 0.5) is 0 Å². The van der Waals surface area contributed by atoms with Gasteiger partial charge in [0.2, 0.25) is 0 Å². The van der Waals surface area contributed by atoms with Crippen molar-refractivity contribution in [3.8, 4) is 0 Å². The summed E-state index contributed by atoms with van der Waals surface area (Å²) in [7, 11) is 3.75. The third kappa shape index (κ3) is 4.91. The van der Waals surface area contributed by atoms with Crippen LogP contribution in [-0.4, -0.2) is 14.1 Å². The second kappa shape index (κ2) is 6.86. The Bertz CT molecular complexity index is 189. The average molecular weight is 165 g/mol. The van der Waals surface area contributed by atoms with Crippen LogP contribution in [0.25, 0.3) is 0 Å². The van der Waals surface area contributed by atoms with Crippen LogP contribution in [0.3, 0.4) is 0 Å². The lowest BCUT2D eigenvalue weighted by molar-refractivity contribution is 1.02. The zero-order valence-electron chi connectivity index (χ0n) is 8.52. The van der Waals surface area contributed by atoms with E-state index in [1.54, 1.807) is 0 Å². The lowest BCUT2D eigenvalue weighted by atomic mass is 10.1. The summed E-state index contributed by atoms with van der Waals surface area (Å²) in [5, 5.41) is 2.75. The maximum absolute atomic E-state index is 2.75. The highest BCUT2D eigenvalue weighted by Crippen LogP contribution is 2.02. The van der Waals surface area contributed by atoms with Gasteiger partial charge in [-0.25, -0.2) is 0 Å². The van der Waals surface area contributed by atoms with Gasteiger partial charge in [0.1, 0.15) is 0 Å². The summed E-state index contributed by atoms with van der Waals surface area (Å²) < 4.78 is 0. The normalized spacial score (nSPS) is 8.67. The third-order valence-corrected chi connectivity index (χ3v) is 1.53. The number of hydrogen-bond acceptors (Lipinski definition) is 1. The second-order valence-corrected chi connectivity index (χ2v) is 2.84.